The molecule has 1 aromatic carbocycles. The lowest BCUT2D eigenvalue weighted by Crippen LogP contribution is -2.15. The second kappa shape index (κ2) is 3.34. The van der Waals surface area contributed by atoms with E-state index < -0.39 is 0 Å². The van der Waals surface area contributed by atoms with Gasteiger partial charge in [0.1, 0.15) is 5.75 Å². The largest absolute Gasteiger partial charge is 0.497 e. The predicted octanol–water partition coefficient (Wildman–Crippen LogP) is 2.99. The molecule has 0 unspecified atom stereocenters. The molecule has 1 N–H and O–H groups in total. The topological polar surface area (TPSA) is 21.3 Å². The second-order valence-corrected chi connectivity index (χ2v) is 5.52. The molecular formula is C12H15NOS. The fourth-order valence-electron chi connectivity index (χ4n) is 1.96. The minimum atomic E-state index is 0.594. The van der Waals surface area contributed by atoms with Gasteiger partial charge in [-0.3, -0.25) is 0 Å². The molecule has 1 aliphatic carbocycles. The molecule has 3 rings (SSSR count). The zero-order valence-electron chi connectivity index (χ0n) is 8.88. The maximum Gasteiger partial charge on any atom is 0.120 e. The van der Waals surface area contributed by atoms with Crippen molar-refractivity contribution in [3.05, 3.63) is 18.2 Å². The summed E-state index contributed by atoms with van der Waals surface area (Å²) in [4.78, 5) is 1.33. The number of ether oxygens (including phenoxy) is 1. The van der Waals surface area contributed by atoms with Gasteiger partial charge in [-0.1, -0.05) is 0 Å². The molecule has 0 saturated heterocycles. The van der Waals surface area contributed by atoms with E-state index in [1.807, 2.05) is 17.8 Å². The van der Waals surface area contributed by atoms with Crippen LogP contribution in [0, 0.1) is 5.41 Å². The van der Waals surface area contributed by atoms with E-state index in [0.717, 1.165) is 12.3 Å². The van der Waals surface area contributed by atoms with Gasteiger partial charge >= 0.3 is 0 Å². The zero-order valence-corrected chi connectivity index (χ0v) is 9.69. The Balaban J connectivity index is 1.89. The second-order valence-electron chi connectivity index (χ2n) is 4.50. The van der Waals surface area contributed by atoms with Crippen LogP contribution in [0.1, 0.15) is 12.8 Å². The van der Waals surface area contributed by atoms with Crippen LogP contribution in [0.4, 0.5) is 5.69 Å². The summed E-state index contributed by atoms with van der Waals surface area (Å²) in [6.07, 6.45) is 2.77. The normalized spacial score (nSPS) is 21.4. The number of nitrogens with one attached hydrogen (secondary N) is 1. The van der Waals surface area contributed by atoms with Crippen molar-refractivity contribution in [3.8, 4) is 5.75 Å². The van der Waals surface area contributed by atoms with E-state index in [1.165, 1.54) is 29.2 Å². The van der Waals surface area contributed by atoms with Crippen molar-refractivity contribution in [2.75, 3.05) is 24.7 Å². The third-order valence-electron chi connectivity index (χ3n) is 3.33. The Kier molecular flexibility index (Phi) is 2.09. The average Bonchev–Trinajstić information content (AvgIpc) is 3.07. The van der Waals surface area contributed by atoms with Gasteiger partial charge in [0.2, 0.25) is 0 Å². The van der Waals surface area contributed by atoms with Gasteiger partial charge in [-0.2, -0.15) is 0 Å². The molecular weight excluding hydrogens is 206 g/mol. The lowest BCUT2D eigenvalue weighted by molar-refractivity contribution is 0.414. The zero-order chi connectivity index (χ0) is 10.3. The monoisotopic (exact) mass is 221 g/mol. The van der Waals surface area contributed by atoms with Gasteiger partial charge in [0.05, 0.1) is 7.11 Å². The predicted molar refractivity (Wildman–Crippen MR) is 63.9 cm³/mol. The van der Waals surface area contributed by atoms with Crippen LogP contribution in [0.5, 0.6) is 5.75 Å². The average molecular weight is 221 g/mol. The first-order chi connectivity index (χ1) is 7.31. The van der Waals surface area contributed by atoms with Gasteiger partial charge < -0.3 is 10.1 Å². The lowest BCUT2D eigenvalue weighted by Gasteiger charge is -2.10. The molecule has 3 heteroatoms. The number of fused-ring (bicyclic) bond motifs is 1. The number of methoxy groups -OCH3 is 1. The van der Waals surface area contributed by atoms with E-state index in [4.69, 9.17) is 4.74 Å². The molecule has 2 nitrogen and oxygen atoms in total. The van der Waals surface area contributed by atoms with Gasteiger partial charge in [-0.05, 0) is 36.5 Å². The highest BCUT2D eigenvalue weighted by atomic mass is 32.2. The highest BCUT2D eigenvalue weighted by Crippen LogP contribution is 2.52. The van der Waals surface area contributed by atoms with Crippen LogP contribution in [0.2, 0.25) is 0 Å². The summed E-state index contributed by atoms with van der Waals surface area (Å²) < 4.78 is 5.25. The Labute approximate surface area is 94.4 Å². The molecule has 1 saturated carbocycles. The molecule has 0 atom stereocenters. The molecule has 0 radical (unpaired) electrons. The van der Waals surface area contributed by atoms with Crippen LogP contribution in [0.3, 0.4) is 0 Å². The Morgan fingerprint density at radius 1 is 1.40 bits per heavy atom. The molecule has 1 fully saturated rings. The molecule has 1 aliphatic heterocycles. The Morgan fingerprint density at radius 3 is 3.00 bits per heavy atom. The SMILES string of the molecule is COc1ccc2c(c1)SCC1(CC1)CN2. The highest BCUT2D eigenvalue weighted by molar-refractivity contribution is 7.99. The quantitative estimate of drug-likeness (QED) is 0.787. The van der Waals surface area contributed by atoms with Gasteiger partial charge in [-0.25, -0.2) is 0 Å². The molecule has 0 aromatic heterocycles. The van der Waals surface area contributed by atoms with Crippen LogP contribution >= 0.6 is 11.8 Å². The smallest absolute Gasteiger partial charge is 0.120 e. The van der Waals surface area contributed by atoms with Crippen LogP contribution < -0.4 is 10.1 Å². The lowest BCUT2D eigenvalue weighted by atomic mass is 10.1. The van der Waals surface area contributed by atoms with Gasteiger partial charge in [0, 0.05) is 22.9 Å². The number of rotatable bonds is 1. The summed E-state index contributed by atoms with van der Waals surface area (Å²) in [5.74, 6) is 2.20. The number of hydrogen-bond acceptors (Lipinski definition) is 3. The molecule has 15 heavy (non-hydrogen) atoms. The van der Waals surface area contributed by atoms with Crippen molar-refractivity contribution in [2.24, 2.45) is 5.41 Å². The maximum absolute atomic E-state index is 5.25. The summed E-state index contributed by atoms with van der Waals surface area (Å²) in [5.41, 5.74) is 1.86. The minimum Gasteiger partial charge on any atom is -0.497 e. The molecule has 0 amide bonds. The summed E-state index contributed by atoms with van der Waals surface area (Å²) in [7, 11) is 1.72. The third kappa shape index (κ3) is 1.69. The number of hydrogen-bond donors (Lipinski definition) is 1. The fraction of sp³-hybridized carbons (Fsp3) is 0.500. The van der Waals surface area contributed by atoms with Crippen molar-refractivity contribution in [2.45, 2.75) is 17.7 Å². The van der Waals surface area contributed by atoms with Crippen molar-refractivity contribution in [3.63, 3.8) is 0 Å². The summed E-state index contributed by atoms with van der Waals surface area (Å²) in [6, 6.07) is 6.29. The molecule has 80 valence electrons. The van der Waals surface area contributed by atoms with Crippen molar-refractivity contribution >= 4 is 17.4 Å². The first-order valence-electron chi connectivity index (χ1n) is 5.36. The van der Waals surface area contributed by atoms with E-state index in [1.54, 1.807) is 7.11 Å². The van der Waals surface area contributed by atoms with Crippen molar-refractivity contribution in [1.82, 2.24) is 0 Å². The number of anilines is 1. The first-order valence-corrected chi connectivity index (χ1v) is 6.35. The van der Waals surface area contributed by atoms with Crippen LogP contribution in [0.15, 0.2) is 23.1 Å². The summed E-state index contributed by atoms with van der Waals surface area (Å²) >= 11 is 1.97. The van der Waals surface area contributed by atoms with Gasteiger partial charge in [0.25, 0.3) is 0 Å². The summed E-state index contributed by atoms with van der Waals surface area (Å²) in [5, 5.41) is 3.55. The van der Waals surface area contributed by atoms with Crippen LogP contribution in [-0.4, -0.2) is 19.4 Å². The summed E-state index contributed by atoms with van der Waals surface area (Å²) in [6.45, 7) is 1.14. The Hall–Kier alpha value is -0.830. The minimum absolute atomic E-state index is 0.594. The van der Waals surface area contributed by atoms with Gasteiger partial charge in [0.15, 0.2) is 0 Å². The van der Waals surface area contributed by atoms with E-state index in [2.05, 4.69) is 17.4 Å². The van der Waals surface area contributed by atoms with Crippen molar-refractivity contribution in [1.29, 1.82) is 0 Å². The number of thioether (sulfide) groups is 1. The van der Waals surface area contributed by atoms with E-state index in [0.29, 0.717) is 5.41 Å². The Bertz CT molecular complexity index is 387. The first kappa shape index (κ1) is 9.40. The van der Waals surface area contributed by atoms with Crippen molar-refractivity contribution < 1.29 is 4.74 Å². The molecule has 1 heterocycles. The maximum atomic E-state index is 5.25. The van der Waals surface area contributed by atoms with E-state index in [-0.39, 0.29) is 0 Å². The van der Waals surface area contributed by atoms with Crippen LogP contribution in [0.25, 0.3) is 0 Å². The van der Waals surface area contributed by atoms with Crippen LogP contribution in [-0.2, 0) is 0 Å². The number of benzene rings is 1. The van der Waals surface area contributed by atoms with Gasteiger partial charge in [-0.15, -0.1) is 11.8 Å². The van der Waals surface area contributed by atoms with E-state index >= 15 is 0 Å². The fourth-order valence-corrected chi connectivity index (χ4v) is 3.31. The Morgan fingerprint density at radius 2 is 2.27 bits per heavy atom. The molecule has 2 aliphatic rings. The highest BCUT2D eigenvalue weighted by Gasteiger charge is 2.43. The third-order valence-corrected chi connectivity index (χ3v) is 4.74. The molecule has 1 aromatic rings. The standard InChI is InChI=1S/C12H15NOS/c1-14-9-2-3-10-11(6-9)15-8-12(4-5-12)7-13-10/h2-3,6,13H,4-5,7-8H2,1H3. The molecule has 1 spiro atoms. The molecule has 0 bridgehead atoms. The van der Waals surface area contributed by atoms with E-state index in [9.17, 15) is 0 Å².